The molecule has 0 radical (unpaired) electrons. The Labute approximate surface area is 398 Å². The smallest absolute Gasteiger partial charge is 0.373 e. The van der Waals surface area contributed by atoms with Crippen molar-refractivity contribution in [2.24, 2.45) is 0 Å². The minimum Gasteiger partial charge on any atom is -0.469 e. The maximum atomic E-state index is 12.8. The molecule has 0 unspecified atom stereocenters. The van der Waals surface area contributed by atoms with Crippen LogP contribution < -0.4 is 0 Å². The van der Waals surface area contributed by atoms with Crippen molar-refractivity contribution in [3.05, 3.63) is 227 Å². The van der Waals surface area contributed by atoms with Gasteiger partial charge in [-0.15, -0.1) is 6.58 Å². The topological polar surface area (TPSA) is 177 Å². The Hall–Kier alpha value is -9.08. The number of fused-ring (bicyclic) bond motifs is 3. The number of hydrogen-bond acceptors (Lipinski definition) is 12. The molecular formula is C57H47O12+. The first-order valence-corrected chi connectivity index (χ1v) is 21.4. The molecule has 0 aliphatic heterocycles. The van der Waals surface area contributed by atoms with Crippen LogP contribution in [0.3, 0.4) is 0 Å². The van der Waals surface area contributed by atoms with Crippen LogP contribution in [0.2, 0.25) is 0 Å². The van der Waals surface area contributed by atoms with Crippen LogP contribution in [0.5, 0.6) is 0 Å². The average molecular weight is 924 g/mol. The molecule has 1 aliphatic carbocycles. The number of hydrogen-bond donors (Lipinski definition) is 0. The Morgan fingerprint density at radius 1 is 0.667 bits per heavy atom. The number of rotatable bonds is 11. The molecule has 0 saturated carbocycles. The summed E-state index contributed by atoms with van der Waals surface area (Å²) in [5, 5.41) is 1.71. The fraction of sp³-hybridized carbons (Fsp3) is 0.123. The number of carbonyl (C=O) groups excluding carboxylic acids is 7. The van der Waals surface area contributed by atoms with Crippen LogP contribution >= 0.6 is 0 Å². The highest BCUT2D eigenvalue weighted by Crippen LogP contribution is 2.34. The zero-order valence-electron chi connectivity index (χ0n) is 38.3. The second-order valence-electron chi connectivity index (χ2n) is 14.7. The molecule has 5 aromatic carbocycles. The minimum atomic E-state index is -0.591. The van der Waals surface area contributed by atoms with E-state index in [2.05, 4.69) is 17.4 Å². The first kappa shape index (κ1) is 50.9. The van der Waals surface area contributed by atoms with Gasteiger partial charge in [0.25, 0.3) is 0 Å². The summed E-state index contributed by atoms with van der Waals surface area (Å²) >= 11 is 0. The quantitative estimate of drug-likeness (QED) is 0.0520. The van der Waals surface area contributed by atoms with E-state index in [0.717, 1.165) is 27.5 Å². The Morgan fingerprint density at radius 2 is 1.17 bits per heavy atom. The lowest BCUT2D eigenvalue weighted by molar-refractivity contribution is -0.191. The predicted octanol–water partition coefficient (Wildman–Crippen LogP) is 11.7. The highest BCUT2D eigenvalue weighted by atomic mass is 16.5. The molecule has 8 aromatic rings. The van der Waals surface area contributed by atoms with Crippen molar-refractivity contribution < 1.29 is 56.3 Å². The van der Waals surface area contributed by atoms with Crippen LogP contribution in [-0.2, 0) is 35.1 Å². The van der Waals surface area contributed by atoms with E-state index in [4.69, 9.17) is 27.6 Å². The molecule has 0 amide bonds. The molecule has 9 rings (SSSR count). The molecule has 0 fully saturated rings. The van der Waals surface area contributed by atoms with Crippen LogP contribution in [0.25, 0.3) is 34.1 Å². The van der Waals surface area contributed by atoms with Gasteiger partial charge in [-0.2, -0.15) is 9.59 Å². The summed E-state index contributed by atoms with van der Waals surface area (Å²) in [6.45, 7) is 6.96. The van der Waals surface area contributed by atoms with Crippen molar-refractivity contribution in [1.82, 2.24) is 0 Å². The summed E-state index contributed by atoms with van der Waals surface area (Å²) in [4.78, 5) is 77.3. The van der Waals surface area contributed by atoms with Gasteiger partial charge in [-0.3, -0.25) is 24.0 Å². The monoisotopic (exact) mass is 923 g/mol. The molecule has 12 nitrogen and oxygen atoms in total. The van der Waals surface area contributed by atoms with Gasteiger partial charge in [0, 0.05) is 39.1 Å². The molecule has 3 aromatic heterocycles. The molecule has 346 valence electrons. The van der Waals surface area contributed by atoms with Gasteiger partial charge in [0.15, 0.2) is 17.3 Å². The average Bonchev–Trinajstić information content (AvgIpc) is 4.12. The van der Waals surface area contributed by atoms with Gasteiger partial charge in [-0.1, -0.05) is 133 Å². The molecule has 0 spiro atoms. The SMILES string of the molecule is C=CC.COC(=O)CCc1c(C(=O)c2ccccc2)oc2c1C=[C+]C=C2.COC(=O)[C@H](C)c1c(C(=O)c2ccccc2)oc2ccccc12.O=C(c1ccccc1)c1cc2ccccc2o1.O=C=O. The zero-order valence-corrected chi connectivity index (χ0v) is 38.3. The van der Waals surface area contributed by atoms with Crippen LogP contribution in [-0.4, -0.2) is 49.7 Å². The number of carbonyl (C=O) groups is 5. The van der Waals surface area contributed by atoms with Crippen molar-refractivity contribution >= 4 is 69.5 Å². The van der Waals surface area contributed by atoms with Crippen LogP contribution in [0, 0.1) is 6.08 Å². The number of ketones is 3. The number of allylic oxidation sites excluding steroid dienone is 3. The van der Waals surface area contributed by atoms with Gasteiger partial charge < -0.3 is 22.7 Å². The first-order chi connectivity index (χ1) is 33.5. The van der Waals surface area contributed by atoms with Gasteiger partial charge in [0.2, 0.25) is 23.1 Å². The molecule has 0 bridgehead atoms. The molecule has 0 N–H and O–H groups in total. The van der Waals surface area contributed by atoms with Crippen molar-refractivity contribution in [2.45, 2.75) is 32.6 Å². The van der Waals surface area contributed by atoms with Crippen molar-refractivity contribution in [2.75, 3.05) is 14.2 Å². The highest BCUT2D eigenvalue weighted by Gasteiger charge is 2.31. The van der Waals surface area contributed by atoms with Crippen molar-refractivity contribution in [3.63, 3.8) is 0 Å². The lowest BCUT2D eigenvalue weighted by atomic mass is 9.94. The second kappa shape index (κ2) is 25.6. The van der Waals surface area contributed by atoms with Crippen molar-refractivity contribution in [1.29, 1.82) is 0 Å². The fourth-order valence-electron chi connectivity index (χ4n) is 7.02. The molecule has 69 heavy (non-hydrogen) atoms. The normalized spacial score (nSPS) is 10.8. The van der Waals surface area contributed by atoms with E-state index in [9.17, 15) is 24.0 Å². The predicted molar refractivity (Wildman–Crippen MR) is 259 cm³/mol. The Balaban J connectivity index is 0.000000184. The third-order valence-corrected chi connectivity index (χ3v) is 10.2. The maximum absolute atomic E-state index is 12.8. The molecule has 1 aliphatic rings. The van der Waals surface area contributed by atoms with E-state index in [0.29, 0.717) is 45.8 Å². The molecular weight excluding hydrogens is 877 g/mol. The number of ether oxygens (including phenoxy) is 2. The number of para-hydroxylation sites is 2. The molecule has 1 atom stereocenters. The zero-order chi connectivity index (χ0) is 49.7. The summed E-state index contributed by atoms with van der Waals surface area (Å²) in [6, 6.07) is 43.6. The Bertz CT molecular complexity index is 3090. The molecule has 0 saturated heterocycles. The summed E-state index contributed by atoms with van der Waals surface area (Å²) in [7, 11) is 2.68. The van der Waals surface area contributed by atoms with E-state index in [1.54, 1.807) is 104 Å². The minimum absolute atomic E-state index is 0.0817. The summed E-state index contributed by atoms with van der Waals surface area (Å²) in [5.41, 5.74) is 5.13. The van der Waals surface area contributed by atoms with Gasteiger partial charge in [0.1, 0.15) is 28.9 Å². The van der Waals surface area contributed by atoms with Gasteiger partial charge >= 0.3 is 18.1 Å². The van der Waals surface area contributed by atoms with Crippen LogP contribution in [0.15, 0.2) is 178 Å². The van der Waals surface area contributed by atoms with E-state index < -0.39 is 11.9 Å². The summed E-state index contributed by atoms with van der Waals surface area (Å²) < 4.78 is 26.6. The Kier molecular flexibility index (Phi) is 18.9. The highest BCUT2D eigenvalue weighted by molar-refractivity contribution is 6.12. The standard InChI is InChI=1S/C19H16O4.C19H15O4.C15H10O2.C3H6.CO2/c1-12(19(21)22-2)16-14-10-6-7-11-15(14)23-18(16)17(20)13-8-4-3-5-9-13;1-22-17(20)12-11-15-14-9-5-6-10-16(14)23-19(15)18(21)13-7-3-2-4-8-13;16-15(11-6-2-1-3-7-11)14-10-12-8-4-5-9-13(12)17-14;1-3-2;2-1-3/h3-12H,1-2H3;2-4,6-10H,11-12H2,1H3;1-10H;3H,1H2,2H3;/q;+1;;;/t12-;;;;/m1..../s1. The van der Waals surface area contributed by atoms with Crippen LogP contribution in [0.1, 0.15) is 97.0 Å². The Morgan fingerprint density at radius 3 is 1.72 bits per heavy atom. The fourth-order valence-corrected chi connectivity index (χ4v) is 7.02. The van der Waals surface area contributed by atoms with Gasteiger partial charge in [0.05, 0.1) is 38.2 Å². The number of benzene rings is 5. The summed E-state index contributed by atoms with van der Waals surface area (Å²) in [6.07, 6.45) is 10.8. The lowest BCUT2D eigenvalue weighted by Crippen LogP contribution is -2.14. The number of methoxy groups -OCH3 is 2. The molecule has 12 heteroatoms. The second-order valence-corrected chi connectivity index (χ2v) is 14.7. The van der Waals surface area contributed by atoms with Gasteiger partial charge in [-0.25, -0.2) is 0 Å². The first-order valence-electron chi connectivity index (χ1n) is 21.4. The maximum Gasteiger partial charge on any atom is 0.373 e. The van der Waals surface area contributed by atoms with E-state index in [1.807, 2.05) is 79.7 Å². The van der Waals surface area contributed by atoms with E-state index >= 15 is 0 Å². The largest absolute Gasteiger partial charge is 0.469 e. The third-order valence-electron chi connectivity index (χ3n) is 10.2. The third kappa shape index (κ3) is 13.1. The number of esters is 2. The summed E-state index contributed by atoms with van der Waals surface area (Å²) in [5.74, 6) is -0.372. The molecule has 3 heterocycles. The van der Waals surface area contributed by atoms with E-state index in [-0.39, 0.29) is 47.4 Å². The van der Waals surface area contributed by atoms with Gasteiger partial charge in [-0.05, 0) is 38.5 Å². The number of furan rings is 3. The van der Waals surface area contributed by atoms with E-state index in [1.165, 1.54) is 14.2 Å². The lowest BCUT2D eigenvalue weighted by Gasteiger charge is -2.09. The van der Waals surface area contributed by atoms with Crippen LogP contribution in [0.4, 0.5) is 0 Å². The van der Waals surface area contributed by atoms with Crippen molar-refractivity contribution in [3.8, 4) is 0 Å².